The fraction of sp³-hybridized carbons (Fsp3) is 0.500. The van der Waals surface area contributed by atoms with E-state index in [0.717, 1.165) is 28.2 Å². The van der Waals surface area contributed by atoms with Crippen molar-refractivity contribution in [3.63, 3.8) is 0 Å². The number of hydrogen-bond acceptors (Lipinski definition) is 0. The second kappa shape index (κ2) is 24.2. The Morgan fingerprint density at radius 2 is 0.625 bits per heavy atom. The van der Waals surface area contributed by atoms with Crippen molar-refractivity contribution >= 4 is 65.4 Å². The van der Waals surface area contributed by atoms with Crippen molar-refractivity contribution < 1.29 is 0 Å². The molecule has 0 aliphatic heterocycles. The van der Waals surface area contributed by atoms with E-state index in [2.05, 4.69) is 137 Å². The molecule has 0 aromatic heterocycles. The van der Waals surface area contributed by atoms with Crippen LogP contribution in [0.3, 0.4) is 0 Å². The van der Waals surface area contributed by atoms with Gasteiger partial charge in [-0.15, -0.1) is 0 Å². The second-order valence-electron chi connectivity index (χ2n) is 17.0. The van der Waals surface area contributed by atoms with E-state index in [9.17, 15) is 0 Å². The predicted molar refractivity (Wildman–Crippen MR) is 261 cm³/mol. The smallest absolute Gasteiger partial charge is 0.00141 e. The standard InChI is InChI=1S/C32H28.C13H28.C11H24/c1-17(2)21-9-13-25-27-15-11-23(19(5)6)30-24(20(7)8)12-16-28(32(27)30)26-14-10-22(18(3)4)29(21)31(25)26;1-4-7-9-10-12-13(6-3)11-8-5-2;1-3-5-7-9-11-10-8-6-4-2/h9-16H,1,3,5,7H2,2,4,6,8H3;13H,4-12H2,1-3H3;3-11H2,1-2H3. The maximum absolute atomic E-state index is 4.28. The second-order valence-corrected chi connectivity index (χ2v) is 17.0. The van der Waals surface area contributed by atoms with Gasteiger partial charge in [-0.2, -0.15) is 0 Å². The van der Waals surface area contributed by atoms with Gasteiger partial charge in [0.1, 0.15) is 0 Å². The minimum atomic E-state index is 1.02. The summed E-state index contributed by atoms with van der Waals surface area (Å²) in [6.07, 6.45) is 25.8. The largest absolute Gasteiger partial charge is 0.0955 e. The molecule has 0 saturated carbocycles. The van der Waals surface area contributed by atoms with E-state index in [1.54, 1.807) is 0 Å². The van der Waals surface area contributed by atoms with Crippen molar-refractivity contribution in [3.05, 3.63) is 97.1 Å². The molecule has 0 aliphatic carbocycles. The minimum Gasteiger partial charge on any atom is -0.0955 e. The lowest BCUT2D eigenvalue weighted by Gasteiger charge is -2.21. The molecule has 56 heavy (non-hydrogen) atoms. The third-order valence-corrected chi connectivity index (χ3v) is 12.0. The minimum absolute atomic E-state index is 1.02. The van der Waals surface area contributed by atoms with Crippen molar-refractivity contribution in [1.82, 2.24) is 0 Å². The first-order valence-electron chi connectivity index (χ1n) is 22.8. The van der Waals surface area contributed by atoms with E-state index in [4.69, 9.17) is 0 Å². The molecule has 0 heteroatoms. The Hall–Kier alpha value is -3.64. The van der Waals surface area contributed by atoms with Crippen molar-refractivity contribution in [2.45, 2.75) is 178 Å². The molecule has 1 unspecified atom stereocenters. The molecule has 0 nitrogen and oxygen atoms in total. The van der Waals surface area contributed by atoms with Crippen LogP contribution in [0.2, 0.25) is 0 Å². The van der Waals surface area contributed by atoms with Gasteiger partial charge in [0.25, 0.3) is 0 Å². The average Bonchev–Trinajstić information content (AvgIpc) is 3.18. The zero-order valence-corrected chi connectivity index (χ0v) is 37.8. The molecule has 0 fully saturated rings. The molecule has 0 aliphatic rings. The molecule has 0 radical (unpaired) electrons. The Bertz CT molecular complexity index is 1760. The lowest BCUT2D eigenvalue weighted by atomic mass is 9.82. The molecule has 0 spiro atoms. The number of unbranched alkanes of at least 4 members (excludes halogenated alkanes) is 12. The molecule has 5 aromatic carbocycles. The molecule has 0 bridgehead atoms. The highest BCUT2D eigenvalue weighted by Crippen LogP contribution is 2.46. The molecular formula is C56H80. The van der Waals surface area contributed by atoms with Gasteiger partial charge < -0.3 is 0 Å². The van der Waals surface area contributed by atoms with Crippen molar-refractivity contribution in [2.75, 3.05) is 0 Å². The van der Waals surface area contributed by atoms with Crippen molar-refractivity contribution in [2.24, 2.45) is 5.92 Å². The number of allylic oxidation sites excluding steroid dienone is 4. The van der Waals surface area contributed by atoms with E-state index in [-0.39, 0.29) is 0 Å². The Labute approximate surface area is 345 Å². The maximum atomic E-state index is 4.28. The van der Waals surface area contributed by atoms with Crippen LogP contribution in [0.4, 0.5) is 0 Å². The lowest BCUT2D eigenvalue weighted by molar-refractivity contribution is 0.401. The first-order chi connectivity index (χ1) is 27.0. The molecule has 5 aromatic rings. The molecule has 1 atom stereocenters. The number of hydrogen-bond donors (Lipinski definition) is 0. The highest BCUT2D eigenvalue weighted by Gasteiger charge is 2.20. The summed E-state index contributed by atoms with van der Waals surface area (Å²) in [6.45, 7) is 36.9. The van der Waals surface area contributed by atoms with Crippen LogP contribution in [-0.4, -0.2) is 0 Å². The summed E-state index contributed by atoms with van der Waals surface area (Å²) in [5.41, 5.74) is 9.07. The summed E-state index contributed by atoms with van der Waals surface area (Å²) in [4.78, 5) is 0. The monoisotopic (exact) mass is 753 g/mol. The third kappa shape index (κ3) is 12.2. The van der Waals surface area contributed by atoms with Gasteiger partial charge in [0, 0.05) is 0 Å². The van der Waals surface area contributed by atoms with Gasteiger partial charge in [0.05, 0.1) is 0 Å². The fourth-order valence-electron chi connectivity index (χ4n) is 8.60. The van der Waals surface area contributed by atoms with Crippen LogP contribution in [0.5, 0.6) is 0 Å². The van der Waals surface area contributed by atoms with E-state index in [1.807, 2.05) is 0 Å². The van der Waals surface area contributed by atoms with E-state index >= 15 is 0 Å². The number of rotatable bonds is 21. The Morgan fingerprint density at radius 3 is 0.893 bits per heavy atom. The molecule has 0 amide bonds. The topological polar surface area (TPSA) is 0 Å². The van der Waals surface area contributed by atoms with E-state index in [1.165, 1.54) is 181 Å². The van der Waals surface area contributed by atoms with Crippen LogP contribution >= 0.6 is 0 Å². The predicted octanol–water partition coefficient (Wildman–Crippen LogP) is 19.6. The van der Waals surface area contributed by atoms with Crippen molar-refractivity contribution in [1.29, 1.82) is 0 Å². The molecule has 0 saturated heterocycles. The normalized spacial score (nSPS) is 11.7. The SMILES string of the molecule is C=C(C)c1ccc2c3ccc(C(=C)C)c4c(C(=C)C)ccc(c5ccc(C(=C)C)c1c25)c43.CCCCCCC(CC)CCCC.CCCCCCCCCCC. The van der Waals surface area contributed by atoms with E-state index in [0.29, 0.717) is 0 Å². The van der Waals surface area contributed by atoms with Crippen molar-refractivity contribution in [3.8, 4) is 0 Å². The highest BCUT2D eigenvalue weighted by molar-refractivity contribution is 6.35. The summed E-state index contributed by atoms with van der Waals surface area (Å²) in [6, 6.07) is 18.0. The summed E-state index contributed by atoms with van der Waals surface area (Å²) >= 11 is 0. The van der Waals surface area contributed by atoms with Crippen LogP contribution in [0.15, 0.2) is 74.8 Å². The van der Waals surface area contributed by atoms with Crippen LogP contribution in [0, 0.1) is 5.92 Å². The fourth-order valence-corrected chi connectivity index (χ4v) is 8.60. The lowest BCUT2D eigenvalue weighted by Crippen LogP contribution is -1.98. The van der Waals surface area contributed by atoms with Gasteiger partial charge >= 0.3 is 0 Å². The van der Waals surface area contributed by atoms with Gasteiger partial charge in [0.2, 0.25) is 0 Å². The maximum Gasteiger partial charge on any atom is -0.00141 e. The zero-order valence-electron chi connectivity index (χ0n) is 37.8. The van der Waals surface area contributed by atoms with Gasteiger partial charge in [-0.3, -0.25) is 0 Å². The number of fused-ring (bicyclic) bond motifs is 2. The first-order valence-corrected chi connectivity index (χ1v) is 22.8. The van der Waals surface area contributed by atoms with Gasteiger partial charge in [-0.1, -0.05) is 247 Å². The average molecular weight is 753 g/mol. The Balaban J connectivity index is 0.000000290. The van der Waals surface area contributed by atoms with Crippen LogP contribution < -0.4 is 0 Å². The molecular weight excluding hydrogens is 673 g/mol. The van der Waals surface area contributed by atoms with Crippen LogP contribution in [-0.2, 0) is 0 Å². The Morgan fingerprint density at radius 1 is 0.357 bits per heavy atom. The van der Waals surface area contributed by atoms with Gasteiger partial charge in [-0.25, -0.2) is 0 Å². The molecule has 5 rings (SSSR count). The summed E-state index contributed by atoms with van der Waals surface area (Å²) in [5.74, 6) is 1.02. The summed E-state index contributed by atoms with van der Waals surface area (Å²) in [5, 5.41) is 10.2. The van der Waals surface area contributed by atoms with Crippen LogP contribution in [0.1, 0.15) is 200 Å². The number of benzene rings is 5. The van der Waals surface area contributed by atoms with Gasteiger partial charge in [0.15, 0.2) is 0 Å². The summed E-state index contributed by atoms with van der Waals surface area (Å²) in [7, 11) is 0. The Kier molecular flexibility index (Phi) is 20.2. The first kappa shape index (κ1) is 46.7. The van der Waals surface area contributed by atoms with E-state index < -0.39 is 0 Å². The van der Waals surface area contributed by atoms with Gasteiger partial charge in [-0.05, 0) is 99.0 Å². The summed E-state index contributed by atoms with van der Waals surface area (Å²) < 4.78 is 0. The molecule has 0 N–H and O–H groups in total. The highest BCUT2D eigenvalue weighted by atomic mass is 14.2. The molecule has 0 heterocycles. The quantitative estimate of drug-likeness (QED) is 0.0398. The van der Waals surface area contributed by atoms with Crippen LogP contribution in [0.25, 0.3) is 65.4 Å². The zero-order chi connectivity index (χ0) is 41.2. The molecule has 304 valence electrons. The third-order valence-electron chi connectivity index (χ3n) is 12.0.